The number of piperazine rings is 1. The van der Waals surface area contributed by atoms with E-state index in [4.69, 9.17) is 4.74 Å². The highest BCUT2D eigenvalue weighted by molar-refractivity contribution is 14.1. The summed E-state index contributed by atoms with van der Waals surface area (Å²) in [6, 6.07) is -0.159. The number of morpholine rings is 1. The van der Waals surface area contributed by atoms with Gasteiger partial charge >= 0.3 is 12.5 Å². The molecule has 1 amide bonds. The molecular formula is C8H10F3IN2O3. The van der Waals surface area contributed by atoms with Crippen molar-refractivity contribution in [3.8, 4) is 0 Å². The fourth-order valence-electron chi connectivity index (χ4n) is 1.94. The van der Waals surface area contributed by atoms with Crippen molar-refractivity contribution >= 4 is 29.0 Å². The first-order valence-corrected chi connectivity index (χ1v) is 5.90. The van der Waals surface area contributed by atoms with E-state index in [2.05, 4.69) is 27.6 Å². The van der Waals surface area contributed by atoms with Gasteiger partial charge < -0.3 is 14.4 Å². The number of hydrogen-bond acceptors (Lipinski definition) is 4. The highest BCUT2D eigenvalue weighted by atomic mass is 127. The third-order valence-corrected chi connectivity index (χ3v) is 4.22. The van der Waals surface area contributed by atoms with Gasteiger partial charge in [-0.1, -0.05) is 0 Å². The van der Waals surface area contributed by atoms with Gasteiger partial charge in [-0.15, -0.1) is 13.2 Å². The predicted octanol–water partition coefficient (Wildman–Crippen LogP) is 1.38. The summed E-state index contributed by atoms with van der Waals surface area (Å²) >= 11 is 2.11. The summed E-state index contributed by atoms with van der Waals surface area (Å²) in [6.45, 7) is 1.20. The lowest BCUT2D eigenvalue weighted by Crippen LogP contribution is -2.62. The van der Waals surface area contributed by atoms with Crippen molar-refractivity contribution in [1.29, 1.82) is 0 Å². The largest absolute Gasteiger partial charge is 0.576 e. The Labute approximate surface area is 109 Å². The number of hydrogen-bond donors (Lipinski definition) is 0. The van der Waals surface area contributed by atoms with E-state index in [1.54, 1.807) is 0 Å². The number of halogens is 4. The van der Waals surface area contributed by atoms with Crippen LogP contribution in [0.15, 0.2) is 0 Å². The van der Waals surface area contributed by atoms with Gasteiger partial charge in [0, 0.05) is 36.0 Å². The Morgan fingerprint density at radius 2 is 1.82 bits per heavy atom. The molecule has 17 heavy (non-hydrogen) atoms. The van der Waals surface area contributed by atoms with Crippen LogP contribution in [-0.4, -0.2) is 58.9 Å². The second-order valence-corrected chi connectivity index (χ2v) is 5.02. The fourth-order valence-corrected chi connectivity index (χ4v) is 2.61. The monoisotopic (exact) mass is 366 g/mol. The summed E-state index contributed by atoms with van der Waals surface area (Å²) in [5.74, 6) is 0. The third kappa shape index (κ3) is 3.13. The van der Waals surface area contributed by atoms with Crippen LogP contribution in [0.2, 0.25) is 0 Å². The van der Waals surface area contributed by atoms with Gasteiger partial charge in [0.2, 0.25) is 0 Å². The number of alkyl halides is 3. The van der Waals surface area contributed by atoms with Crippen LogP contribution in [0.1, 0.15) is 0 Å². The second-order valence-electron chi connectivity index (χ2n) is 3.91. The standard InChI is InChI=1S/C8H10F3IN2O3/c9-8(10,11)17-7(15)13-1-5-3-16-4-6(2-13)14(5)12/h5-6H,1-4H2. The molecule has 2 atom stereocenters. The van der Waals surface area contributed by atoms with Crippen LogP contribution in [0.25, 0.3) is 0 Å². The molecule has 0 aromatic rings. The van der Waals surface area contributed by atoms with Crippen molar-refractivity contribution in [1.82, 2.24) is 8.01 Å². The van der Waals surface area contributed by atoms with Crippen LogP contribution in [0.3, 0.4) is 0 Å². The van der Waals surface area contributed by atoms with Gasteiger partial charge in [-0.05, 0) is 0 Å². The van der Waals surface area contributed by atoms with Crippen molar-refractivity contribution in [2.24, 2.45) is 0 Å². The Morgan fingerprint density at radius 3 is 2.29 bits per heavy atom. The van der Waals surface area contributed by atoms with Crippen LogP contribution in [0, 0.1) is 0 Å². The van der Waals surface area contributed by atoms with E-state index in [0.717, 1.165) is 4.90 Å². The van der Waals surface area contributed by atoms with Crippen LogP contribution < -0.4 is 0 Å². The van der Waals surface area contributed by atoms with E-state index < -0.39 is 12.5 Å². The van der Waals surface area contributed by atoms with Crippen LogP contribution in [-0.2, 0) is 9.47 Å². The predicted molar refractivity (Wildman–Crippen MR) is 58.4 cm³/mol. The minimum absolute atomic E-state index is 0.0797. The maximum absolute atomic E-state index is 11.9. The smallest absolute Gasteiger partial charge is 0.378 e. The van der Waals surface area contributed by atoms with E-state index >= 15 is 0 Å². The molecule has 0 N–H and O–H groups in total. The van der Waals surface area contributed by atoms with Crippen LogP contribution in [0.5, 0.6) is 0 Å². The van der Waals surface area contributed by atoms with E-state index in [1.165, 1.54) is 0 Å². The lowest BCUT2D eigenvalue weighted by Gasteiger charge is -2.46. The number of carbonyl (C=O) groups is 1. The van der Waals surface area contributed by atoms with Gasteiger partial charge in [-0.25, -0.2) is 7.91 Å². The second kappa shape index (κ2) is 4.76. The molecule has 0 spiro atoms. The average Bonchev–Trinajstić information content (AvgIpc) is 2.13. The van der Waals surface area contributed by atoms with Gasteiger partial charge in [0.05, 0.1) is 25.3 Å². The Morgan fingerprint density at radius 1 is 1.29 bits per heavy atom. The van der Waals surface area contributed by atoms with Gasteiger partial charge in [0.1, 0.15) is 0 Å². The molecule has 2 fully saturated rings. The van der Waals surface area contributed by atoms with Gasteiger partial charge in [-0.3, -0.25) is 0 Å². The molecule has 2 bridgehead atoms. The highest BCUT2D eigenvalue weighted by Crippen LogP contribution is 2.26. The number of nitrogens with zero attached hydrogens (tertiary/aromatic N) is 2. The topological polar surface area (TPSA) is 42.0 Å². The molecule has 0 saturated carbocycles. The Kier molecular flexibility index (Phi) is 3.69. The lowest BCUT2D eigenvalue weighted by molar-refractivity contribution is -0.295. The average molecular weight is 366 g/mol. The van der Waals surface area contributed by atoms with E-state index in [1.807, 2.05) is 3.11 Å². The Balaban J connectivity index is 1.97. The molecule has 98 valence electrons. The van der Waals surface area contributed by atoms with Gasteiger partial charge in [-0.2, -0.15) is 0 Å². The SMILES string of the molecule is O=C(OC(F)(F)F)N1CC2COCC(C1)N2I. The summed E-state index contributed by atoms with van der Waals surface area (Å²) in [6.07, 6.45) is -6.26. The molecule has 2 rings (SSSR count). The maximum Gasteiger partial charge on any atom is 0.576 e. The molecular weight excluding hydrogens is 356 g/mol. The molecule has 2 aliphatic heterocycles. The molecule has 2 aliphatic rings. The third-order valence-electron chi connectivity index (χ3n) is 2.64. The first-order valence-electron chi connectivity index (χ1n) is 4.93. The van der Waals surface area contributed by atoms with Crippen molar-refractivity contribution < 1.29 is 27.4 Å². The zero-order chi connectivity index (χ0) is 12.6. The summed E-state index contributed by atoms with van der Waals surface area (Å²) in [4.78, 5) is 12.4. The number of fused-ring (bicyclic) bond motifs is 2. The van der Waals surface area contributed by atoms with E-state index in [-0.39, 0.29) is 25.2 Å². The Hall–Kier alpha value is -0.290. The number of carbonyl (C=O) groups excluding carboxylic acids is 1. The highest BCUT2D eigenvalue weighted by Gasteiger charge is 2.42. The molecule has 5 nitrogen and oxygen atoms in total. The van der Waals surface area contributed by atoms with Gasteiger partial charge in [0.25, 0.3) is 0 Å². The number of amides is 1. The molecule has 2 unspecified atom stereocenters. The molecule has 9 heteroatoms. The van der Waals surface area contributed by atoms with Crippen molar-refractivity contribution in [3.63, 3.8) is 0 Å². The normalized spacial score (nSPS) is 30.2. The molecule has 2 saturated heterocycles. The number of rotatable bonds is 0. The Bertz CT molecular complexity index is 301. The molecule has 0 aromatic carbocycles. The van der Waals surface area contributed by atoms with Gasteiger partial charge in [0.15, 0.2) is 0 Å². The molecule has 2 heterocycles. The first kappa shape index (κ1) is 13.1. The minimum atomic E-state index is -4.93. The zero-order valence-corrected chi connectivity index (χ0v) is 10.8. The van der Waals surface area contributed by atoms with Crippen molar-refractivity contribution in [3.05, 3.63) is 0 Å². The molecule has 0 aromatic heterocycles. The van der Waals surface area contributed by atoms with Crippen molar-refractivity contribution in [2.75, 3.05) is 26.3 Å². The zero-order valence-electron chi connectivity index (χ0n) is 8.61. The van der Waals surface area contributed by atoms with Crippen LogP contribution in [0.4, 0.5) is 18.0 Å². The van der Waals surface area contributed by atoms with Crippen LogP contribution >= 0.6 is 22.9 Å². The number of ether oxygens (including phenoxy) is 2. The lowest BCUT2D eigenvalue weighted by atomic mass is 10.1. The summed E-state index contributed by atoms with van der Waals surface area (Å²) in [5, 5.41) is 0. The van der Waals surface area contributed by atoms with E-state index in [9.17, 15) is 18.0 Å². The van der Waals surface area contributed by atoms with Crippen molar-refractivity contribution in [2.45, 2.75) is 18.4 Å². The first-order chi connectivity index (χ1) is 7.87. The van der Waals surface area contributed by atoms with E-state index in [0.29, 0.717) is 13.2 Å². The molecule has 0 aliphatic carbocycles. The quantitative estimate of drug-likeness (QED) is 0.480. The summed E-state index contributed by atoms with van der Waals surface area (Å²) in [5.41, 5.74) is 0. The maximum atomic E-state index is 11.9. The summed E-state index contributed by atoms with van der Waals surface area (Å²) < 4.78 is 46.5. The molecule has 0 radical (unpaired) electrons. The fraction of sp³-hybridized carbons (Fsp3) is 0.875. The summed E-state index contributed by atoms with van der Waals surface area (Å²) in [7, 11) is 0. The minimum Gasteiger partial charge on any atom is -0.378 e.